The van der Waals surface area contributed by atoms with Gasteiger partial charge >= 0.3 is 6.03 Å². The van der Waals surface area contributed by atoms with Crippen LogP contribution in [0.1, 0.15) is 55.6 Å². The molecular weight excluding hydrogens is 382 g/mol. The highest BCUT2D eigenvalue weighted by molar-refractivity contribution is 5.96. The van der Waals surface area contributed by atoms with E-state index >= 15 is 0 Å². The van der Waals surface area contributed by atoms with Crippen LogP contribution in [0.15, 0.2) is 65.8 Å². The summed E-state index contributed by atoms with van der Waals surface area (Å²) in [5, 5.41) is 10.1. The molecule has 2 aromatic rings. The summed E-state index contributed by atoms with van der Waals surface area (Å²) in [5.41, 5.74) is 3.58. The maximum Gasteiger partial charge on any atom is 0.338 e. The van der Waals surface area contributed by atoms with Gasteiger partial charge in [0.1, 0.15) is 0 Å². The summed E-state index contributed by atoms with van der Waals surface area (Å²) in [4.78, 5) is 13.4. The highest BCUT2D eigenvalue weighted by Gasteiger charge is 2.52. The number of nitrogens with one attached hydrogen (secondary N) is 1. The normalized spacial score (nSPS) is 33.4. The molecule has 0 radical (unpaired) electrons. The summed E-state index contributed by atoms with van der Waals surface area (Å²) in [6, 6.07) is 21.0. The van der Waals surface area contributed by atoms with E-state index in [0.29, 0.717) is 6.54 Å². The number of hydrogen-bond acceptors (Lipinski definition) is 2. The first-order valence-corrected chi connectivity index (χ1v) is 11.9. The number of hydrazone groups is 1. The Morgan fingerprint density at radius 3 is 2.10 bits per heavy atom. The van der Waals surface area contributed by atoms with Gasteiger partial charge in [0.05, 0.1) is 12.3 Å². The van der Waals surface area contributed by atoms with Crippen LogP contribution in [-0.4, -0.2) is 28.8 Å². The Balaban J connectivity index is 1.23. The molecule has 31 heavy (non-hydrogen) atoms. The largest absolute Gasteiger partial charge is 0.338 e. The summed E-state index contributed by atoms with van der Waals surface area (Å²) >= 11 is 0. The molecule has 4 aliphatic carbocycles. The van der Waals surface area contributed by atoms with Crippen molar-refractivity contribution in [3.05, 3.63) is 71.8 Å². The number of carbonyl (C=O) groups is 1. The molecule has 0 saturated heterocycles. The van der Waals surface area contributed by atoms with Crippen LogP contribution >= 0.6 is 0 Å². The predicted molar refractivity (Wildman–Crippen MR) is 123 cm³/mol. The summed E-state index contributed by atoms with van der Waals surface area (Å²) in [7, 11) is 0. The van der Waals surface area contributed by atoms with Crippen LogP contribution in [0.25, 0.3) is 0 Å². The van der Waals surface area contributed by atoms with E-state index in [4.69, 9.17) is 5.10 Å². The van der Waals surface area contributed by atoms with Crippen molar-refractivity contribution in [2.45, 2.75) is 56.4 Å². The monoisotopic (exact) mass is 413 g/mol. The first-order valence-electron chi connectivity index (χ1n) is 11.9. The summed E-state index contributed by atoms with van der Waals surface area (Å²) in [6.45, 7) is 0.629. The van der Waals surface area contributed by atoms with Crippen LogP contribution < -0.4 is 5.32 Å². The van der Waals surface area contributed by atoms with Gasteiger partial charge in [-0.1, -0.05) is 60.7 Å². The van der Waals surface area contributed by atoms with E-state index < -0.39 is 0 Å². The van der Waals surface area contributed by atoms with Crippen molar-refractivity contribution in [1.29, 1.82) is 0 Å². The predicted octanol–water partition coefficient (Wildman–Crippen LogP) is 5.36. The first-order chi connectivity index (χ1) is 15.2. The van der Waals surface area contributed by atoms with E-state index in [1.807, 2.05) is 12.1 Å². The van der Waals surface area contributed by atoms with E-state index in [-0.39, 0.29) is 17.5 Å². The minimum absolute atomic E-state index is 0.00550. The maximum absolute atomic E-state index is 13.4. The van der Waals surface area contributed by atoms with Gasteiger partial charge in [-0.3, -0.25) is 0 Å². The lowest BCUT2D eigenvalue weighted by Crippen LogP contribution is -2.61. The lowest BCUT2D eigenvalue weighted by atomic mass is 9.53. The summed E-state index contributed by atoms with van der Waals surface area (Å²) in [5.74, 6) is 2.61. The number of benzene rings is 2. The van der Waals surface area contributed by atoms with Crippen LogP contribution in [0.3, 0.4) is 0 Å². The quantitative estimate of drug-likeness (QED) is 0.720. The molecule has 7 rings (SSSR count). The second-order valence-corrected chi connectivity index (χ2v) is 10.4. The molecule has 4 bridgehead atoms. The van der Waals surface area contributed by atoms with E-state index in [1.54, 1.807) is 5.01 Å². The van der Waals surface area contributed by atoms with Crippen LogP contribution in [0.5, 0.6) is 0 Å². The first kappa shape index (κ1) is 19.1. The van der Waals surface area contributed by atoms with Crippen molar-refractivity contribution in [3.63, 3.8) is 0 Å². The minimum Gasteiger partial charge on any atom is -0.331 e. The lowest BCUT2D eigenvalue weighted by Gasteiger charge is -2.56. The van der Waals surface area contributed by atoms with E-state index in [0.717, 1.165) is 29.9 Å². The Kier molecular flexibility index (Phi) is 4.62. The van der Waals surface area contributed by atoms with E-state index in [9.17, 15) is 4.79 Å². The SMILES string of the molecule is O=C(NC12CC3CC(CC(C3)C1)C2)N1CC(c2ccccc2)C(Cc2ccccc2)=N1. The number of rotatable bonds is 4. The molecule has 4 saturated carbocycles. The van der Waals surface area contributed by atoms with Gasteiger partial charge in [-0.05, 0) is 67.4 Å². The molecule has 4 fully saturated rings. The Morgan fingerprint density at radius 2 is 1.48 bits per heavy atom. The lowest BCUT2D eigenvalue weighted by molar-refractivity contribution is -0.0155. The molecule has 1 N–H and O–H groups in total. The third kappa shape index (κ3) is 3.66. The number of hydrogen-bond donors (Lipinski definition) is 1. The minimum atomic E-state index is 0.00550. The Morgan fingerprint density at radius 1 is 0.903 bits per heavy atom. The maximum atomic E-state index is 13.4. The van der Waals surface area contributed by atoms with Gasteiger partial charge in [0.15, 0.2) is 0 Å². The van der Waals surface area contributed by atoms with Crippen molar-refractivity contribution >= 4 is 11.7 Å². The van der Waals surface area contributed by atoms with Crippen molar-refractivity contribution in [2.75, 3.05) is 6.54 Å². The zero-order valence-corrected chi connectivity index (χ0v) is 18.0. The van der Waals surface area contributed by atoms with Gasteiger partial charge in [0.2, 0.25) is 0 Å². The fourth-order valence-corrected chi connectivity index (χ4v) is 7.17. The highest BCUT2D eigenvalue weighted by atomic mass is 16.2. The van der Waals surface area contributed by atoms with E-state index in [1.165, 1.54) is 49.7 Å². The molecule has 4 heteroatoms. The van der Waals surface area contributed by atoms with Gasteiger partial charge in [0.25, 0.3) is 0 Å². The van der Waals surface area contributed by atoms with Gasteiger partial charge in [0, 0.05) is 17.9 Å². The van der Waals surface area contributed by atoms with Crippen molar-refractivity contribution in [3.8, 4) is 0 Å². The number of urea groups is 1. The van der Waals surface area contributed by atoms with Gasteiger partial charge in [-0.25, -0.2) is 9.80 Å². The molecule has 1 heterocycles. The fraction of sp³-hybridized carbons (Fsp3) is 0.481. The molecule has 5 aliphatic rings. The highest BCUT2D eigenvalue weighted by Crippen LogP contribution is 2.55. The molecule has 1 atom stereocenters. The topological polar surface area (TPSA) is 44.7 Å². The van der Waals surface area contributed by atoms with Crippen LogP contribution in [-0.2, 0) is 6.42 Å². The third-order valence-electron chi connectivity index (χ3n) is 8.08. The van der Waals surface area contributed by atoms with E-state index in [2.05, 4.69) is 53.8 Å². The third-order valence-corrected chi connectivity index (χ3v) is 8.08. The second-order valence-electron chi connectivity index (χ2n) is 10.4. The van der Waals surface area contributed by atoms with Crippen molar-refractivity contribution < 1.29 is 4.79 Å². The number of nitrogens with zero attached hydrogens (tertiary/aromatic N) is 2. The Hall–Kier alpha value is -2.62. The molecule has 1 aliphatic heterocycles. The molecule has 2 aromatic carbocycles. The molecular formula is C27H31N3O. The molecule has 0 spiro atoms. The number of amides is 2. The Labute approximate surface area is 184 Å². The van der Waals surface area contributed by atoms with Gasteiger partial charge in [-0.2, -0.15) is 5.10 Å². The molecule has 160 valence electrons. The average molecular weight is 414 g/mol. The second kappa shape index (κ2) is 7.51. The smallest absolute Gasteiger partial charge is 0.331 e. The average Bonchev–Trinajstić information content (AvgIpc) is 3.18. The van der Waals surface area contributed by atoms with Crippen LogP contribution in [0.2, 0.25) is 0 Å². The molecule has 1 unspecified atom stereocenters. The van der Waals surface area contributed by atoms with Gasteiger partial charge < -0.3 is 5.32 Å². The van der Waals surface area contributed by atoms with Gasteiger partial charge in [-0.15, -0.1) is 0 Å². The zero-order valence-electron chi connectivity index (χ0n) is 18.0. The van der Waals surface area contributed by atoms with Crippen molar-refractivity contribution in [2.24, 2.45) is 22.9 Å². The Bertz CT molecular complexity index is 949. The zero-order chi connectivity index (χ0) is 20.8. The molecule has 0 aromatic heterocycles. The van der Waals surface area contributed by atoms with Crippen LogP contribution in [0, 0.1) is 17.8 Å². The standard InChI is InChI=1S/C27H31N3O/c31-26(28-27-15-20-11-21(16-27)13-22(12-20)17-27)30-18-24(23-9-5-2-6-10-23)25(29-30)14-19-7-3-1-4-8-19/h1-10,20-22,24H,11-18H2,(H,28,31). The summed E-state index contributed by atoms with van der Waals surface area (Å²) in [6.07, 6.45) is 8.43. The van der Waals surface area contributed by atoms with Crippen LogP contribution in [0.4, 0.5) is 4.79 Å². The molecule has 4 nitrogen and oxygen atoms in total. The summed E-state index contributed by atoms with van der Waals surface area (Å²) < 4.78 is 0. The fourth-order valence-electron chi connectivity index (χ4n) is 7.17. The number of carbonyl (C=O) groups excluding carboxylic acids is 1. The molecule has 2 amide bonds. The van der Waals surface area contributed by atoms with Crippen molar-refractivity contribution in [1.82, 2.24) is 10.3 Å².